The van der Waals surface area contributed by atoms with Crippen molar-refractivity contribution in [3.8, 4) is 0 Å². The fraction of sp³-hybridized carbons (Fsp3) is 0.286. The number of hydrogen-bond donors (Lipinski definition) is 2. The van der Waals surface area contributed by atoms with Crippen molar-refractivity contribution in [2.45, 2.75) is 25.7 Å². The zero-order valence-corrected chi connectivity index (χ0v) is 17.4. The van der Waals surface area contributed by atoms with E-state index in [0.29, 0.717) is 5.56 Å². The van der Waals surface area contributed by atoms with Crippen molar-refractivity contribution < 1.29 is 31.1 Å². The Morgan fingerprint density at radius 3 is 2.29 bits per heavy atom. The van der Waals surface area contributed by atoms with Crippen LogP contribution in [0.2, 0.25) is 0 Å². The normalized spacial score (nSPS) is 12.2. The highest BCUT2D eigenvalue weighted by Gasteiger charge is 2.27. The predicted molar refractivity (Wildman–Crippen MR) is 111 cm³/mol. The van der Waals surface area contributed by atoms with Crippen molar-refractivity contribution >= 4 is 22.0 Å². The molecule has 0 aliphatic heterocycles. The molecule has 2 aromatic rings. The molecule has 6 nitrogen and oxygen atoms in total. The van der Waals surface area contributed by atoms with E-state index >= 15 is 0 Å². The van der Waals surface area contributed by atoms with Gasteiger partial charge < -0.3 is 10.1 Å². The summed E-state index contributed by atoms with van der Waals surface area (Å²) in [5, 5.41) is 3.70. The molecule has 168 valence electrons. The Morgan fingerprint density at radius 2 is 1.65 bits per heavy atom. The molecule has 0 fully saturated rings. The Bertz CT molecular complexity index is 960. The third kappa shape index (κ3) is 10.8. The molecule has 0 aliphatic carbocycles. The molecule has 0 saturated heterocycles. The van der Waals surface area contributed by atoms with Crippen LogP contribution in [0.4, 0.5) is 13.2 Å². The van der Waals surface area contributed by atoms with Crippen LogP contribution < -0.4 is 10.0 Å². The van der Waals surface area contributed by atoms with Crippen LogP contribution in [0.25, 0.3) is 6.08 Å². The van der Waals surface area contributed by atoms with Gasteiger partial charge in [-0.15, -0.1) is 0 Å². The van der Waals surface area contributed by atoms with E-state index in [1.807, 2.05) is 6.07 Å². The summed E-state index contributed by atoms with van der Waals surface area (Å²) in [5.74, 6) is -0.340. The van der Waals surface area contributed by atoms with Crippen LogP contribution in [0.1, 0.15) is 23.1 Å². The van der Waals surface area contributed by atoms with Gasteiger partial charge in [-0.3, -0.25) is 4.79 Å². The Morgan fingerprint density at radius 1 is 1.00 bits per heavy atom. The van der Waals surface area contributed by atoms with Crippen LogP contribution in [0, 0.1) is 0 Å². The summed E-state index contributed by atoms with van der Waals surface area (Å²) in [5.41, 5.74) is 2.07. The minimum Gasteiger partial charge on any atom is -0.367 e. The fourth-order valence-electron chi connectivity index (χ4n) is 2.41. The molecule has 1 amide bonds. The molecule has 0 unspecified atom stereocenters. The first-order valence-electron chi connectivity index (χ1n) is 9.35. The van der Waals surface area contributed by atoms with Gasteiger partial charge in [0.25, 0.3) is 0 Å². The van der Waals surface area contributed by atoms with E-state index in [9.17, 15) is 26.4 Å². The minimum atomic E-state index is -4.36. The number of amides is 1. The van der Waals surface area contributed by atoms with Gasteiger partial charge in [0.15, 0.2) is 0 Å². The molecule has 0 aliphatic rings. The number of alkyl halides is 3. The highest BCUT2D eigenvalue weighted by atomic mass is 32.2. The fourth-order valence-corrected chi connectivity index (χ4v) is 3.23. The van der Waals surface area contributed by atoms with Crippen LogP contribution >= 0.6 is 0 Å². The summed E-state index contributed by atoms with van der Waals surface area (Å²) in [6.07, 6.45) is -2.95. The van der Waals surface area contributed by atoms with Crippen molar-refractivity contribution in [2.75, 3.05) is 13.2 Å². The van der Waals surface area contributed by atoms with Crippen LogP contribution in [-0.2, 0) is 32.7 Å². The largest absolute Gasteiger partial charge is 0.411 e. The quantitative estimate of drug-likeness (QED) is 0.543. The van der Waals surface area contributed by atoms with Gasteiger partial charge in [0, 0.05) is 24.9 Å². The van der Waals surface area contributed by atoms with E-state index < -0.39 is 22.8 Å². The van der Waals surface area contributed by atoms with Crippen molar-refractivity contribution in [1.29, 1.82) is 0 Å². The lowest BCUT2D eigenvalue weighted by atomic mass is 10.1. The highest BCUT2D eigenvalue weighted by molar-refractivity contribution is 7.92. The number of sulfonamides is 1. The molecule has 2 rings (SSSR count). The van der Waals surface area contributed by atoms with Gasteiger partial charge in [0.2, 0.25) is 15.9 Å². The molecule has 0 atom stereocenters. The smallest absolute Gasteiger partial charge is 0.367 e. The summed E-state index contributed by atoms with van der Waals surface area (Å²) in [6, 6.07) is 15.5. The third-order valence-electron chi connectivity index (χ3n) is 3.94. The van der Waals surface area contributed by atoms with Crippen LogP contribution in [0.3, 0.4) is 0 Å². The summed E-state index contributed by atoms with van der Waals surface area (Å²) >= 11 is 0. The maximum atomic E-state index is 12.1. The molecule has 0 saturated carbocycles. The van der Waals surface area contributed by atoms with E-state index in [1.54, 1.807) is 48.5 Å². The molecule has 10 heteroatoms. The first-order valence-corrected chi connectivity index (χ1v) is 10.9. The van der Waals surface area contributed by atoms with Gasteiger partial charge in [0.1, 0.15) is 6.61 Å². The molecular weight excluding hydrogens is 433 g/mol. The number of benzene rings is 2. The lowest BCUT2D eigenvalue weighted by Crippen LogP contribution is -2.29. The van der Waals surface area contributed by atoms with E-state index in [1.165, 1.54) is 6.08 Å². The Hall–Kier alpha value is -2.69. The summed E-state index contributed by atoms with van der Waals surface area (Å²) < 4.78 is 66.9. The standard InChI is InChI=1S/C21H23F3N2O4S/c22-21(23,24)16-30-15-19-8-6-18(7-9-19)14-25-20(27)10-12-26-31(28,29)13-11-17-4-2-1-3-5-17/h1-9,11,13,26H,10,12,14-16H2,(H,25,27)/b13-11+. The van der Waals surface area contributed by atoms with Gasteiger partial charge in [-0.05, 0) is 22.8 Å². The zero-order valence-electron chi connectivity index (χ0n) is 16.6. The number of halogens is 3. The third-order valence-corrected chi connectivity index (χ3v) is 5.04. The second kappa shape index (κ2) is 11.6. The van der Waals surface area contributed by atoms with Gasteiger partial charge in [-0.2, -0.15) is 13.2 Å². The second-order valence-electron chi connectivity index (χ2n) is 6.60. The second-order valence-corrected chi connectivity index (χ2v) is 8.25. The van der Waals surface area contributed by atoms with Crippen molar-refractivity contribution in [3.63, 3.8) is 0 Å². The number of carbonyl (C=O) groups is 1. The van der Waals surface area contributed by atoms with E-state index in [0.717, 1.165) is 16.5 Å². The van der Waals surface area contributed by atoms with Gasteiger partial charge in [-0.1, -0.05) is 54.6 Å². The molecule has 0 spiro atoms. The van der Waals surface area contributed by atoms with E-state index in [-0.39, 0.29) is 32.0 Å². The molecule has 0 heterocycles. The molecule has 2 N–H and O–H groups in total. The van der Waals surface area contributed by atoms with Crippen LogP contribution in [0.15, 0.2) is 60.0 Å². The molecule has 0 aromatic heterocycles. The highest BCUT2D eigenvalue weighted by Crippen LogP contribution is 2.15. The number of rotatable bonds is 11. The summed E-state index contributed by atoms with van der Waals surface area (Å²) in [4.78, 5) is 11.9. The maximum Gasteiger partial charge on any atom is 0.411 e. The number of hydrogen-bond acceptors (Lipinski definition) is 4. The SMILES string of the molecule is O=C(CCNS(=O)(=O)/C=C/c1ccccc1)NCc1ccc(COCC(F)(F)F)cc1. The zero-order chi connectivity index (χ0) is 22.7. The first kappa shape index (κ1) is 24.6. The summed E-state index contributed by atoms with van der Waals surface area (Å²) in [7, 11) is -3.66. The molecule has 2 aromatic carbocycles. The average molecular weight is 456 g/mol. The Balaban J connectivity index is 1.68. The molecule has 31 heavy (non-hydrogen) atoms. The van der Waals surface area contributed by atoms with Gasteiger partial charge >= 0.3 is 6.18 Å². The maximum absolute atomic E-state index is 12.1. The topological polar surface area (TPSA) is 84.5 Å². The minimum absolute atomic E-state index is 0.0399. The van der Waals surface area contributed by atoms with Gasteiger partial charge in [-0.25, -0.2) is 13.1 Å². The number of ether oxygens (including phenoxy) is 1. The number of carbonyl (C=O) groups excluding carboxylic acids is 1. The van der Waals surface area contributed by atoms with Crippen molar-refractivity contribution in [2.24, 2.45) is 0 Å². The van der Waals surface area contributed by atoms with Gasteiger partial charge in [0.05, 0.1) is 6.61 Å². The molecule has 0 radical (unpaired) electrons. The first-order chi connectivity index (χ1) is 14.6. The molecular formula is C21H23F3N2O4S. The van der Waals surface area contributed by atoms with Crippen molar-refractivity contribution in [3.05, 3.63) is 76.7 Å². The van der Waals surface area contributed by atoms with E-state index in [2.05, 4.69) is 14.8 Å². The number of nitrogens with one attached hydrogen (secondary N) is 2. The average Bonchev–Trinajstić information content (AvgIpc) is 2.71. The summed E-state index contributed by atoms with van der Waals surface area (Å²) in [6.45, 7) is -1.31. The lowest BCUT2D eigenvalue weighted by Gasteiger charge is -2.09. The Labute approximate surface area is 179 Å². The van der Waals surface area contributed by atoms with E-state index in [4.69, 9.17) is 0 Å². The van der Waals surface area contributed by atoms with Crippen LogP contribution in [0.5, 0.6) is 0 Å². The van der Waals surface area contributed by atoms with Crippen LogP contribution in [-0.4, -0.2) is 33.7 Å². The Kier molecular flexibility index (Phi) is 9.22. The molecule has 0 bridgehead atoms. The van der Waals surface area contributed by atoms with Crippen molar-refractivity contribution in [1.82, 2.24) is 10.0 Å². The monoisotopic (exact) mass is 456 g/mol. The lowest BCUT2D eigenvalue weighted by molar-refractivity contribution is -0.176. The predicted octanol–water partition coefficient (Wildman–Crippen LogP) is 3.36.